The average molecular weight is 521 g/mol. The number of ether oxygens (including phenoxy) is 2. The number of likely N-dealkylation sites (tertiary alicyclic amines) is 1. The van der Waals surface area contributed by atoms with Crippen molar-refractivity contribution in [3.63, 3.8) is 0 Å². The smallest absolute Gasteiger partial charge is 0.295 e. The van der Waals surface area contributed by atoms with E-state index in [4.69, 9.17) is 9.47 Å². The van der Waals surface area contributed by atoms with E-state index in [-0.39, 0.29) is 17.9 Å². The van der Waals surface area contributed by atoms with Gasteiger partial charge in [0.2, 0.25) is 0 Å². The maximum absolute atomic E-state index is 13.4. The van der Waals surface area contributed by atoms with Crippen LogP contribution in [0.4, 0.5) is 0 Å². The third-order valence-electron chi connectivity index (χ3n) is 6.51. The zero-order valence-electron chi connectivity index (χ0n) is 21.5. The first kappa shape index (κ1) is 25.7. The van der Waals surface area contributed by atoms with Crippen LogP contribution < -0.4 is 9.47 Å². The van der Waals surface area contributed by atoms with Crippen LogP contribution in [0.25, 0.3) is 5.76 Å². The second kappa shape index (κ2) is 11.6. The number of pyridine rings is 1. The lowest BCUT2D eigenvalue weighted by molar-refractivity contribution is -0.140. The maximum atomic E-state index is 13.4. The number of carbonyl (C=O) groups is 2. The van der Waals surface area contributed by atoms with E-state index in [2.05, 4.69) is 4.98 Å². The van der Waals surface area contributed by atoms with Crippen molar-refractivity contribution < 1.29 is 24.2 Å². The highest BCUT2D eigenvalue weighted by Crippen LogP contribution is 2.42. The maximum Gasteiger partial charge on any atom is 0.295 e. The summed E-state index contributed by atoms with van der Waals surface area (Å²) in [7, 11) is 0. The SMILES string of the molecule is CCOc1cc([C@@H]2/C(=C(\O)c3ccncc3)C(=O)C(=O)N2Cc2ccccc2)ccc1OCc1ccccc1. The molecule has 1 aliphatic rings. The second-order valence-corrected chi connectivity index (χ2v) is 9.06. The Kier molecular flexibility index (Phi) is 7.68. The van der Waals surface area contributed by atoms with E-state index in [1.165, 1.54) is 17.3 Å². The summed E-state index contributed by atoms with van der Waals surface area (Å²) in [4.78, 5) is 32.2. The second-order valence-electron chi connectivity index (χ2n) is 9.06. The van der Waals surface area contributed by atoms with Gasteiger partial charge in [-0.05, 0) is 47.9 Å². The molecule has 1 N–H and O–H groups in total. The number of Topliss-reactive ketones (excluding diaryl/α,β-unsaturated/α-hetero) is 1. The van der Waals surface area contributed by atoms with Crippen LogP contribution in [0.5, 0.6) is 11.5 Å². The third-order valence-corrected chi connectivity index (χ3v) is 6.51. The Balaban J connectivity index is 1.58. The molecule has 0 radical (unpaired) electrons. The summed E-state index contributed by atoms with van der Waals surface area (Å²) in [5.74, 6) is -0.646. The van der Waals surface area contributed by atoms with Gasteiger partial charge < -0.3 is 19.5 Å². The van der Waals surface area contributed by atoms with Crippen molar-refractivity contribution in [3.05, 3.63) is 131 Å². The van der Waals surface area contributed by atoms with Crippen LogP contribution in [-0.4, -0.2) is 33.3 Å². The van der Waals surface area contributed by atoms with E-state index in [1.54, 1.807) is 30.3 Å². The quantitative estimate of drug-likeness (QED) is 0.174. The average Bonchev–Trinajstić information content (AvgIpc) is 3.22. The minimum Gasteiger partial charge on any atom is -0.507 e. The van der Waals surface area contributed by atoms with E-state index in [1.807, 2.05) is 67.6 Å². The number of ketones is 1. The number of amides is 1. The van der Waals surface area contributed by atoms with Gasteiger partial charge in [-0.3, -0.25) is 14.6 Å². The zero-order valence-corrected chi connectivity index (χ0v) is 21.5. The molecule has 4 aromatic rings. The number of aliphatic hydroxyl groups excluding tert-OH is 1. The van der Waals surface area contributed by atoms with Crippen molar-refractivity contribution in [3.8, 4) is 11.5 Å². The Bertz CT molecular complexity index is 1490. The van der Waals surface area contributed by atoms with Crippen LogP contribution in [0, 0.1) is 0 Å². The monoisotopic (exact) mass is 520 g/mol. The minimum absolute atomic E-state index is 0.0162. The fourth-order valence-electron chi connectivity index (χ4n) is 4.65. The van der Waals surface area contributed by atoms with Crippen molar-refractivity contribution in [2.24, 2.45) is 0 Å². The largest absolute Gasteiger partial charge is 0.507 e. The van der Waals surface area contributed by atoms with Gasteiger partial charge in [0.25, 0.3) is 11.7 Å². The summed E-state index contributed by atoms with van der Waals surface area (Å²) in [5.41, 5.74) is 2.91. The number of hydrogen-bond acceptors (Lipinski definition) is 6. The van der Waals surface area contributed by atoms with Gasteiger partial charge in [-0.15, -0.1) is 0 Å². The number of nitrogens with zero attached hydrogens (tertiary/aromatic N) is 2. The number of rotatable bonds is 9. The van der Waals surface area contributed by atoms with Crippen LogP contribution in [0.1, 0.15) is 35.2 Å². The standard InChI is InChI=1S/C32H28N2O5/c1-2-38-27-19-25(13-14-26(27)39-21-23-11-7-4-8-12-23)29-28(30(35)24-15-17-33-18-16-24)31(36)32(37)34(29)20-22-9-5-3-6-10-22/h3-19,29,35H,2,20-21H2,1H3/b30-28+/t29-/m1/s1. The molecule has 1 aromatic heterocycles. The highest BCUT2D eigenvalue weighted by Gasteiger charge is 2.46. The van der Waals surface area contributed by atoms with Crippen molar-refractivity contribution in [2.45, 2.75) is 26.1 Å². The summed E-state index contributed by atoms with van der Waals surface area (Å²) < 4.78 is 12.0. The Hall–Kier alpha value is -4.91. The number of hydrogen-bond donors (Lipinski definition) is 1. The molecule has 0 aliphatic carbocycles. The topological polar surface area (TPSA) is 89.0 Å². The minimum atomic E-state index is -0.833. The zero-order chi connectivity index (χ0) is 27.2. The molecule has 0 bridgehead atoms. The molecule has 3 aromatic carbocycles. The van der Waals surface area contributed by atoms with Gasteiger partial charge in [0, 0.05) is 24.5 Å². The van der Waals surface area contributed by atoms with Gasteiger partial charge >= 0.3 is 0 Å². The van der Waals surface area contributed by atoms with Gasteiger partial charge in [-0.25, -0.2) is 0 Å². The molecule has 196 valence electrons. The highest BCUT2D eigenvalue weighted by atomic mass is 16.5. The predicted octanol–water partition coefficient (Wildman–Crippen LogP) is 5.68. The van der Waals surface area contributed by atoms with Crippen LogP contribution in [0.2, 0.25) is 0 Å². The lowest BCUT2D eigenvalue weighted by Crippen LogP contribution is -2.29. The molecule has 5 rings (SSSR count). The molecule has 1 aliphatic heterocycles. The summed E-state index contributed by atoms with van der Waals surface area (Å²) in [5, 5.41) is 11.3. The Labute approximate surface area is 227 Å². The Morgan fingerprint density at radius 1 is 0.846 bits per heavy atom. The molecule has 7 nitrogen and oxygen atoms in total. The van der Waals surface area contributed by atoms with Gasteiger partial charge in [0.1, 0.15) is 12.4 Å². The van der Waals surface area contributed by atoms with Gasteiger partial charge in [-0.2, -0.15) is 0 Å². The molecule has 1 fully saturated rings. The van der Waals surface area contributed by atoms with Crippen molar-refractivity contribution in [2.75, 3.05) is 6.61 Å². The molecule has 1 saturated heterocycles. The number of aliphatic hydroxyl groups is 1. The molecule has 1 amide bonds. The van der Waals surface area contributed by atoms with Crippen molar-refractivity contribution in [1.82, 2.24) is 9.88 Å². The first-order valence-corrected chi connectivity index (χ1v) is 12.7. The lowest BCUT2D eigenvalue weighted by atomic mass is 9.95. The van der Waals surface area contributed by atoms with E-state index in [0.717, 1.165) is 11.1 Å². The Morgan fingerprint density at radius 2 is 1.51 bits per heavy atom. The van der Waals surface area contributed by atoms with Gasteiger partial charge in [-0.1, -0.05) is 66.7 Å². The molecule has 0 unspecified atom stereocenters. The van der Waals surface area contributed by atoms with Gasteiger partial charge in [0.15, 0.2) is 11.5 Å². The predicted molar refractivity (Wildman–Crippen MR) is 147 cm³/mol. The highest BCUT2D eigenvalue weighted by molar-refractivity contribution is 6.46. The first-order chi connectivity index (χ1) is 19.1. The summed E-state index contributed by atoms with van der Waals surface area (Å²) >= 11 is 0. The van der Waals surface area contributed by atoms with Crippen molar-refractivity contribution in [1.29, 1.82) is 0 Å². The molecule has 7 heteroatoms. The normalized spacial score (nSPS) is 16.3. The molecule has 39 heavy (non-hydrogen) atoms. The van der Waals surface area contributed by atoms with Crippen LogP contribution in [0.15, 0.2) is 109 Å². The number of benzene rings is 3. The van der Waals surface area contributed by atoms with Gasteiger partial charge in [0.05, 0.1) is 18.2 Å². The molecule has 0 spiro atoms. The Morgan fingerprint density at radius 3 is 2.18 bits per heavy atom. The summed E-state index contributed by atoms with van der Waals surface area (Å²) in [6.45, 7) is 2.82. The summed E-state index contributed by atoms with van der Waals surface area (Å²) in [6.07, 6.45) is 3.05. The molecule has 2 heterocycles. The van der Waals surface area contributed by atoms with Crippen LogP contribution in [-0.2, 0) is 22.7 Å². The fraction of sp³-hybridized carbons (Fsp3) is 0.156. The third kappa shape index (κ3) is 5.52. The molecule has 0 saturated carbocycles. The molecular weight excluding hydrogens is 492 g/mol. The number of aromatic nitrogens is 1. The van der Waals surface area contributed by atoms with E-state index >= 15 is 0 Å². The van der Waals surface area contributed by atoms with E-state index in [9.17, 15) is 14.7 Å². The lowest BCUT2D eigenvalue weighted by Gasteiger charge is -2.26. The van der Waals surface area contributed by atoms with Crippen LogP contribution >= 0.6 is 0 Å². The van der Waals surface area contributed by atoms with E-state index < -0.39 is 17.7 Å². The number of carbonyl (C=O) groups excluding carboxylic acids is 2. The van der Waals surface area contributed by atoms with Crippen molar-refractivity contribution >= 4 is 17.4 Å². The summed E-state index contributed by atoms with van der Waals surface area (Å²) in [6, 6.07) is 27.0. The van der Waals surface area contributed by atoms with E-state index in [0.29, 0.717) is 35.8 Å². The molecular formula is C32H28N2O5. The molecule has 1 atom stereocenters. The first-order valence-electron chi connectivity index (χ1n) is 12.7. The fourth-order valence-corrected chi connectivity index (χ4v) is 4.65. The van der Waals surface area contributed by atoms with Crippen LogP contribution in [0.3, 0.4) is 0 Å².